The van der Waals surface area contributed by atoms with Crippen molar-refractivity contribution >= 4 is 42.0 Å². The van der Waals surface area contributed by atoms with E-state index in [1.165, 1.54) is 68.8 Å². The molecule has 0 bridgehead atoms. The Balaban J connectivity index is 0.000000302. The number of ether oxygens (including phenoxy) is 1. The number of azide groups is 1. The molecule has 16 nitrogen and oxygen atoms in total. The van der Waals surface area contributed by atoms with E-state index in [2.05, 4.69) is 41.2 Å². The Hall–Kier alpha value is -4.87. The minimum Gasteiger partial charge on any atom is -0.443 e. The van der Waals surface area contributed by atoms with Crippen LogP contribution in [0.1, 0.15) is 134 Å². The molecule has 0 spiro atoms. The molecular weight excluding hydrogens is 736 g/mol. The molecule has 2 saturated carbocycles. The summed E-state index contributed by atoms with van der Waals surface area (Å²) in [6, 6.07) is 0. The topological polar surface area (TPSA) is 238 Å². The van der Waals surface area contributed by atoms with Gasteiger partial charge in [-0.05, 0) is 70.2 Å². The molecule has 0 radical (unpaired) electrons. The number of rotatable bonds is 15. The van der Waals surface area contributed by atoms with E-state index in [4.69, 9.17) is 28.2 Å². The largest absolute Gasteiger partial charge is 0.443 e. The maximum Gasteiger partial charge on any atom is 0.421 e. The van der Waals surface area contributed by atoms with E-state index in [9.17, 15) is 14.4 Å². The van der Waals surface area contributed by atoms with Crippen molar-refractivity contribution in [1.29, 1.82) is 0 Å². The van der Waals surface area contributed by atoms with Gasteiger partial charge >= 0.3 is 6.09 Å². The summed E-state index contributed by atoms with van der Waals surface area (Å²) in [5.41, 5.74) is 21.4. The third-order valence-electron chi connectivity index (χ3n) is 9.37. The van der Waals surface area contributed by atoms with E-state index in [0.717, 1.165) is 42.8 Å². The first-order valence-electron chi connectivity index (χ1n) is 19.6. The number of hydrogen-bond acceptors (Lipinski definition) is 11. The molecule has 0 amide bonds. The highest BCUT2D eigenvalue weighted by Gasteiger charge is 2.21. The van der Waals surface area contributed by atoms with Gasteiger partial charge in [0.15, 0.2) is 11.7 Å². The smallest absolute Gasteiger partial charge is 0.421 e. The molecule has 2 aliphatic carbocycles. The summed E-state index contributed by atoms with van der Waals surface area (Å²) < 4.78 is 8.11. The number of aromatic nitrogens is 7. The SMILES string of the molecule is C#CCCCc1cn(C(=O)OC(C)(C)C)c(N)n1.Cl.Nc1ncc(CCCc2cn(CC(=O)CC3CCCCC3)nn2)[nH]1.[N-]=[N+]=NCC(=O)CC1CCCCC1. The number of ketones is 2. The number of aromatic amines is 1. The molecule has 3 aromatic heterocycles. The zero-order valence-electron chi connectivity index (χ0n) is 33.3. The lowest BCUT2D eigenvalue weighted by Crippen LogP contribution is -2.27. The molecule has 0 aromatic carbocycles. The number of imidazole rings is 2. The summed E-state index contributed by atoms with van der Waals surface area (Å²) in [5, 5.41) is 11.5. The lowest BCUT2D eigenvalue weighted by atomic mass is 9.86. The number of carbonyl (C=O) groups excluding carboxylic acids is 3. The van der Waals surface area contributed by atoms with E-state index in [-0.39, 0.29) is 36.5 Å². The third-order valence-corrected chi connectivity index (χ3v) is 9.37. The van der Waals surface area contributed by atoms with Gasteiger partial charge in [0.05, 0.1) is 24.1 Å². The lowest BCUT2D eigenvalue weighted by molar-refractivity contribution is -0.121. The average Bonchev–Trinajstić information content (AvgIpc) is 3.88. The standard InChI is InChI=1S/C17H26N6O.C13H19N3O2.C9H15N3O.ClH/c18-17-19-10-14(20-17)7-4-8-15-11-23(22-21-15)12-16(24)9-13-5-2-1-3-6-13;1-5-6-7-8-10-9-16(11(14)15-10)12(17)18-13(2,3)4;10-12-11-7-9(13)6-8-4-2-1-3-5-8;/h10-11,13H,1-9,12H2,(H3,18,19,20);1,9H,6-8H2,2-4H3,(H2,14,15);8H,1-7H2;1H. The number of nitrogen functional groups attached to an aromatic ring is 2. The maximum absolute atomic E-state index is 12.2. The fraction of sp³-hybridized carbons (Fsp3) is 0.667. The van der Waals surface area contributed by atoms with Gasteiger partial charge in [0, 0.05) is 42.3 Å². The minimum absolute atomic E-state index is 0. The van der Waals surface area contributed by atoms with Crippen LogP contribution in [-0.2, 0) is 40.1 Å². The number of terminal acetylenes is 1. The Morgan fingerprint density at radius 1 is 0.964 bits per heavy atom. The van der Waals surface area contributed by atoms with Crippen molar-refractivity contribution < 1.29 is 19.1 Å². The van der Waals surface area contributed by atoms with Crippen molar-refractivity contribution in [2.75, 3.05) is 18.0 Å². The molecular formula is C39H61ClN12O4. The molecule has 0 atom stereocenters. The predicted molar refractivity (Wildman–Crippen MR) is 219 cm³/mol. The molecule has 5 rings (SSSR count). The number of nitrogens with two attached hydrogens (primary N) is 2. The highest BCUT2D eigenvalue weighted by Crippen LogP contribution is 2.27. The number of unbranched alkanes of at least 4 members (excludes halogenated alkanes) is 1. The van der Waals surface area contributed by atoms with Crippen LogP contribution in [0.4, 0.5) is 16.7 Å². The Morgan fingerprint density at radius 2 is 1.59 bits per heavy atom. The summed E-state index contributed by atoms with van der Waals surface area (Å²) in [6.45, 7) is 5.77. The molecule has 0 aliphatic heterocycles. The monoisotopic (exact) mass is 796 g/mol. The van der Waals surface area contributed by atoms with Crippen LogP contribution in [0.2, 0.25) is 0 Å². The van der Waals surface area contributed by atoms with E-state index in [1.807, 2.05) is 6.20 Å². The van der Waals surface area contributed by atoms with Gasteiger partial charge in [-0.1, -0.05) is 74.5 Å². The van der Waals surface area contributed by atoms with Crippen LogP contribution < -0.4 is 11.5 Å². The van der Waals surface area contributed by atoms with Gasteiger partial charge < -0.3 is 21.2 Å². The quantitative estimate of drug-likeness (QED) is 0.0444. The van der Waals surface area contributed by atoms with Gasteiger partial charge in [0.1, 0.15) is 17.9 Å². The number of hydrogen-bond donors (Lipinski definition) is 3. The minimum atomic E-state index is -0.558. The molecule has 56 heavy (non-hydrogen) atoms. The van der Waals surface area contributed by atoms with Crippen molar-refractivity contribution in [2.24, 2.45) is 17.0 Å². The van der Waals surface area contributed by atoms with Crippen LogP contribution >= 0.6 is 12.4 Å². The maximum atomic E-state index is 12.2. The second-order valence-corrected chi connectivity index (χ2v) is 15.4. The number of Topliss-reactive ketones (excluding diaryl/α,β-unsaturated/α-hetero) is 2. The van der Waals surface area contributed by atoms with Crippen LogP contribution in [0.25, 0.3) is 10.4 Å². The summed E-state index contributed by atoms with van der Waals surface area (Å²) in [5.74, 6) is 4.63. The predicted octanol–water partition coefficient (Wildman–Crippen LogP) is 7.76. The van der Waals surface area contributed by atoms with Crippen molar-refractivity contribution in [2.45, 2.75) is 148 Å². The van der Waals surface area contributed by atoms with Crippen LogP contribution in [0.15, 0.2) is 23.7 Å². The number of anilines is 2. The molecule has 2 fully saturated rings. The Morgan fingerprint density at radius 3 is 2.16 bits per heavy atom. The summed E-state index contributed by atoms with van der Waals surface area (Å²) >= 11 is 0. The number of halogens is 1. The molecule has 3 aromatic rings. The highest BCUT2D eigenvalue weighted by molar-refractivity contribution is 5.85. The van der Waals surface area contributed by atoms with Gasteiger partial charge in [0.2, 0.25) is 5.95 Å². The van der Waals surface area contributed by atoms with Crippen molar-refractivity contribution in [3.05, 3.63) is 46.1 Å². The summed E-state index contributed by atoms with van der Waals surface area (Å²) in [4.78, 5) is 48.9. The zero-order valence-corrected chi connectivity index (χ0v) is 34.1. The summed E-state index contributed by atoms with van der Waals surface area (Å²) in [6.07, 6.45) is 28.5. The second kappa shape index (κ2) is 25.3. The molecule has 5 N–H and O–H groups in total. The Bertz CT molecular complexity index is 1720. The molecule has 0 unspecified atom stereocenters. The first-order chi connectivity index (χ1) is 26.3. The van der Waals surface area contributed by atoms with Gasteiger partial charge in [-0.15, -0.1) is 29.8 Å². The van der Waals surface area contributed by atoms with Gasteiger partial charge in [-0.3, -0.25) is 9.59 Å². The fourth-order valence-corrected chi connectivity index (χ4v) is 6.74. The van der Waals surface area contributed by atoms with Crippen molar-refractivity contribution in [1.82, 2.24) is 34.5 Å². The van der Waals surface area contributed by atoms with Crippen molar-refractivity contribution in [3.8, 4) is 12.3 Å². The van der Waals surface area contributed by atoms with Crippen LogP contribution in [0.3, 0.4) is 0 Å². The summed E-state index contributed by atoms with van der Waals surface area (Å²) in [7, 11) is 0. The van der Waals surface area contributed by atoms with Gasteiger partial charge in [0.25, 0.3) is 0 Å². The first-order valence-corrected chi connectivity index (χ1v) is 19.6. The molecule has 308 valence electrons. The molecule has 17 heteroatoms. The molecule has 2 aliphatic rings. The fourth-order valence-electron chi connectivity index (χ4n) is 6.74. The number of nitrogens with zero attached hydrogens (tertiary/aromatic N) is 9. The van der Waals surface area contributed by atoms with Crippen LogP contribution in [0, 0.1) is 24.2 Å². The van der Waals surface area contributed by atoms with E-state index in [1.54, 1.807) is 37.8 Å². The van der Waals surface area contributed by atoms with E-state index in [0.29, 0.717) is 50.0 Å². The van der Waals surface area contributed by atoms with Gasteiger partial charge in [-0.2, -0.15) is 0 Å². The Kier molecular flexibility index (Phi) is 21.4. The van der Waals surface area contributed by atoms with Crippen molar-refractivity contribution in [3.63, 3.8) is 0 Å². The molecule has 3 heterocycles. The van der Waals surface area contributed by atoms with Crippen LogP contribution in [0.5, 0.6) is 0 Å². The second-order valence-electron chi connectivity index (χ2n) is 15.4. The van der Waals surface area contributed by atoms with E-state index >= 15 is 0 Å². The number of nitrogens with one attached hydrogen (secondary N) is 1. The number of carbonyl (C=O) groups is 3. The zero-order chi connectivity index (χ0) is 40.1. The lowest BCUT2D eigenvalue weighted by Gasteiger charge is -2.20. The average molecular weight is 797 g/mol. The Labute approximate surface area is 336 Å². The third kappa shape index (κ3) is 19.1. The van der Waals surface area contributed by atoms with Crippen LogP contribution in [-0.4, -0.2) is 64.3 Å². The highest BCUT2D eigenvalue weighted by atomic mass is 35.5. The first kappa shape index (κ1) is 47.3. The number of H-pyrrole nitrogens is 1. The number of aryl methyl sites for hydroxylation is 3. The normalized spacial score (nSPS) is 14.4. The molecule has 0 saturated heterocycles. The van der Waals surface area contributed by atoms with Gasteiger partial charge in [-0.25, -0.2) is 24.0 Å². The van der Waals surface area contributed by atoms with E-state index < -0.39 is 11.7 Å².